The molecule has 0 aliphatic rings. The van der Waals surface area contributed by atoms with E-state index < -0.39 is 0 Å². The van der Waals surface area contributed by atoms with Gasteiger partial charge in [-0.1, -0.05) is 30.3 Å². The molecule has 136 valence electrons. The van der Waals surface area contributed by atoms with Gasteiger partial charge >= 0.3 is 0 Å². The van der Waals surface area contributed by atoms with Crippen LogP contribution in [0.1, 0.15) is 38.9 Å². The lowest BCUT2D eigenvalue weighted by Crippen LogP contribution is -2.34. The third-order valence-electron chi connectivity index (χ3n) is 5.02. The minimum absolute atomic E-state index is 0.106. The summed E-state index contributed by atoms with van der Waals surface area (Å²) in [4.78, 5) is 14.8. The van der Waals surface area contributed by atoms with Crippen LogP contribution in [-0.4, -0.2) is 31.4 Å². The molecule has 0 fully saturated rings. The molecular weight excluding hydrogens is 324 g/mol. The number of fused-ring (bicyclic) bond motifs is 1. The molecule has 0 saturated carbocycles. The molecule has 26 heavy (non-hydrogen) atoms. The van der Waals surface area contributed by atoms with Gasteiger partial charge in [-0.25, -0.2) is 0 Å². The van der Waals surface area contributed by atoms with Crippen LogP contribution in [0.4, 0.5) is 0 Å². The van der Waals surface area contributed by atoms with E-state index in [1.165, 1.54) is 11.1 Å². The number of amides is 1. The highest BCUT2D eigenvalue weighted by atomic mass is 16.3. The van der Waals surface area contributed by atoms with Crippen molar-refractivity contribution in [2.75, 3.05) is 20.6 Å². The summed E-state index contributed by atoms with van der Waals surface area (Å²) in [7, 11) is 4.03. The second-order valence-corrected chi connectivity index (χ2v) is 7.09. The van der Waals surface area contributed by atoms with Crippen LogP contribution >= 0.6 is 0 Å². The Morgan fingerprint density at radius 1 is 1.08 bits per heavy atom. The van der Waals surface area contributed by atoms with E-state index >= 15 is 0 Å². The molecule has 1 amide bonds. The number of aryl methyl sites for hydroxylation is 3. The molecule has 1 N–H and O–H groups in total. The summed E-state index contributed by atoms with van der Waals surface area (Å²) < 4.78 is 5.87. The minimum atomic E-state index is -0.170. The van der Waals surface area contributed by atoms with Gasteiger partial charge in [0.2, 0.25) is 0 Å². The lowest BCUT2D eigenvalue weighted by Gasteiger charge is -2.25. The minimum Gasteiger partial charge on any atom is -0.451 e. The van der Waals surface area contributed by atoms with E-state index in [9.17, 15) is 4.79 Å². The van der Waals surface area contributed by atoms with Gasteiger partial charge in [0.25, 0.3) is 5.91 Å². The number of carbonyl (C=O) groups is 1. The maximum Gasteiger partial charge on any atom is 0.287 e. The standard InChI is InChI=1S/C22H26N2O2/c1-14-11-18-16(3)21(26-20(18)12-15(14)2)22(25)23-13-19(24(4)5)17-9-7-6-8-10-17/h6-12,19H,13H2,1-5H3,(H,23,25)/t19-/m0/s1. The molecule has 2 aromatic carbocycles. The van der Waals surface area contributed by atoms with E-state index in [1.54, 1.807) is 0 Å². The van der Waals surface area contributed by atoms with Crippen LogP contribution in [0, 0.1) is 20.8 Å². The number of nitrogens with one attached hydrogen (secondary N) is 1. The molecule has 0 radical (unpaired) electrons. The Labute approximate surface area is 154 Å². The molecule has 0 aliphatic heterocycles. The third-order valence-corrected chi connectivity index (χ3v) is 5.02. The first-order chi connectivity index (χ1) is 12.4. The zero-order valence-corrected chi connectivity index (χ0v) is 16.1. The SMILES string of the molecule is Cc1cc2oc(C(=O)NC[C@@H](c3ccccc3)N(C)C)c(C)c2cc1C. The average Bonchev–Trinajstić information content (AvgIpc) is 2.92. The summed E-state index contributed by atoms with van der Waals surface area (Å²) in [5.41, 5.74) is 5.19. The molecule has 4 nitrogen and oxygen atoms in total. The predicted octanol–water partition coefficient (Wildman–Crippen LogP) is 4.39. The fourth-order valence-electron chi connectivity index (χ4n) is 3.24. The van der Waals surface area contributed by atoms with Gasteiger partial charge in [-0.3, -0.25) is 4.79 Å². The summed E-state index contributed by atoms with van der Waals surface area (Å²) >= 11 is 0. The monoisotopic (exact) mass is 350 g/mol. The van der Waals surface area contributed by atoms with Gasteiger partial charge in [-0.05, 0) is 63.7 Å². The number of benzene rings is 2. The van der Waals surface area contributed by atoms with Gasteiger partial charge < -0.3 is 14.6 Å². The van der Waals surface area contributed by atoms with Gasteiger partial charge in [0.05, 0.1) is 6.04 Å². The molecule has 1 atom stereocenters. The molecule has 3 aromatic rings. The predicted molar refractivity (Wildman–Crippen MR) is 106 cm³/mol. The smallest absolute Gasteiger partial charge is 0.287 e. The quantitative estimate of drug-likeness (QED) is 0.742. The van der Waals surface area contributed by atoms with Crippen molar-refractivity contribution in [2.45, 2.75) is 26.8 Å². The van der Waals surface area contributed by atoms with Crippen LogP contribution < -0.4 is 5.32 Å². The number of furan rings is 1. The van der Waals surface area contributed by atoms with Crippen molar-refractivity contribution in [1.82, 2.24) is 10.2 Å². The second-order valence-electron chi connectivity index (χ2n) is 7.09. The van der Waals surface area contributed by atoms with Crippen molar-refractivity contribution in [3.05, 3.63) is 70.5 Å². The largest absolute Gasteiger partial charge is 0.451 e. The molecule has 1 aromatic heterocycles. The van der Waals surface area contributed by atoms with Crippen molar-refractivity contribution >= 4 is 16.9 Å². The second kappa shape index (κ2) is 7.34. The highest BCUT2D eigenvalue weighted by Crippen LogP contribution is 2.28. The van der Waals surface area contributed by atoms with Crippen molar-refractivity contribution in [1.29, 1.82) is 0 Å². The third kappa shape index (κ3) is 3.51. The fraction of sp³-hybridized carbons (Fsp3) is 0.318. The maximum absolute atomic E-state index is 12.7. The lowest BCUT2D eigenvalue weighted by molar-refractivity contribution is 0.0915. The number of likely N-dealkylation sites (N-methyl/N-ethyl adjacent to an activating group) is 1. The van der Waals surface area contributed by atoms with Crippen LogP contribution in [0.2, 0.25) is 0 Å². The first-order valence-corrected chi connectivity index (χ1v) is 8.88. The first kappa shape index (κ1) is 18.2. The summed E-state index contributed by atoms with van der Waals surface area (Å²) in [5.74, 6) is 0.229. The molecule has 1 heterocycles. The van der Waals surface area contributed by atoms with Crippen molar-refractivity contribution in [3.8, 4) is 0 Å². The van der Waals surface area contributed by atoms with Crippen LogP contribution in [0.15, 0.2) is 46.9 Å². The van der Waals surface area contributed by atoms with E-state index in [-0.39, 0.29) is 11.9 Å². The van der Waals surface area contributed by atoms with Gasteiger partial charge in [0, 0.05) is 17.5 Å². The Morgan fingerprint density at radius 3 is 2.38 bits per heavy atom. The Balaban J connectivity index is 1.81. The number of nitrogens with zero attached hydrogens (tertiary/aromatic N) is 1. The van der Waals surface area contributed by atoms with Gasteiger partial charge in [0.1, 0.15) is 5.58 Å². The molecule has 0 unspecified atom stereocenters. The molecule has 4 heteroatoms. The Hall–Kier alpha value is -2.59. The van der Waals surface area contributed by atoms with Gasteiger partial charge in [-0.15, -0.1) is 0 Å². The van der Waals surface area contributed by atoms with Crippen LogP contribution in [0.3, 0.4) is 0 Å². The van der Waals surface area contributed by atoms with Crippen LogP contribution in [0.25, 0.3) is 11.0 Å². The summed E-state index contributed by atoms with van der Waals surface area (Å²) in [6, 6.07) is 14.4. The fourth-order valence-corrected chi connectivity index (χ4v) is 3.24. The Kier molecular flexibility index (Phi) is 5.14. The number of rotatable bonds is 5. The van der Waals surface area contributed by atoms with Crippen LogP contribution in [-0.2, 0) is 0 Å². The van der Waals surface area contributed by atoms with Gasteiger partial charge in [0.15, 0.2) is 5.76 Å². The van der Waals surface area contributed by atoms with E-state index in [0.717, 1.165) is 22.1 Å². The van der Waals surface area contributed by atoms with Gasteiger partial charge in [-0.2, -0.15) is 0 Å². The molecule has 0 saturated heterocycles. The van der Waals surface area contributed by atoms with E-state index in [2.05, 4.69) is 35.3 Å². The average molecular weight is 350 g/mol. The molecule has 0 aliphatic carbocycles. The number of hydrogen-bond donors (Lipinski definition) is 1. The first-order valence-electron chi connectivity index (χ1n) is 8.88. The summed E-state index contributed by atoms with van der Waals surface area (Å²) in [6.07, 6.45) is 0. The topological polar surface area (TPSA) is 45.5 Å². The summed E-state index contributed by atoms with van der Waals surface area (Å²) in [6.45, 7) is 6.58. The number of hydrogen-bond acceptors (Lipinski definition) is 3. The summed E-state index contributed by atoms with van der Waals surface area (Å²) in [5, 5.41) is 4.04. The van der Waals surface area contributed by atoms with E-state index in [0.29, 0.717) is 12.3 Å². The Morgan fingerprint density at radius 2 is 1.73 bits per heavy atom. The molecule has 0 spiro atoms. The zero-order valence-electron chi connectivity index (χ0n) is 16.1. The van der Waals surface area contributed by atoms with E-state index in [4.69, 9.17) is 4.42 Å². The highest BCUT2D eigenvalue weighted by molar-refractivity contribution is 5.99. The molecule has 0 bridgehead atoms. The lowest BCUT2D eigenvalue weighted by atomic mass is 10.0. The van der Waals surface area contributed by atoms with Crippen molar-refractivity contribution in [2.24, 2.45) is 0 Å². The normalized spacial score (nSPS) is 12.5. The maximum atomic E-state index is 12.7. The van der Waals surface area contributed by atoms with Crippen molar-refractivity contribution in [3.63, 3.8) is 0 Å². The Bertz CT molecular complexity index is 926. The van der Waals surface area contributed by atoms with Crippen LogP contribution in [0.5, 0.6) is 0 Å². The van der Waals surface area contributed by atoms with Crippen molar-refractivity contribution < 1.29 is 9.21 Å². The number of carbonyl (C=O) groups excluding carboxylic acids is 1. The molecular formula is C22H26N2O2. The highest BCUT2D eigenvalue weighted by Gasteiger charge is 2.20. The van der Waals surface area contributed by atoms with E-state index in [1.807, 2.05) is 52.2 Å². The zero-order chi connectivity index (χ0) is 18.8. The molecule has 3 rings (SSSR count).